The number of ether oxygens (including phenoxy) is 1. The molecule has 0 unspecified atom stereocenters. The normalized spacial score (nSPS) is 28.6. The second-order valence-corrected chi connectivity index (χ2v) is 12.2. The number of carbonyl (C=O) groups is 1. The highest BCUT2D eigenvalue weighted by atomic mass is 79.9. The maximum atomic E-state index is 13.6. The van der Waals surface area contributed by atoms with E-state index in [-0.39, 0.29) is 23.3 Å². The van der Waals surface area contributed by atoms with Crippen LogP contribution in [0.5, 0.6) is 0 Å². The Morgan fingerprint density at radius 2 is 2.00 bits per heavy atom. The van der Waals surface area contributed by atoms with Gasteiger partial charge in [-0.1, -0.05) is 33.6 Å². The Labute approximate surface area is 203 Å². The molecule has 8 heteroatoms. The number of aryl methyl sites for hydroxylation is 1. The summed E-state index contributed by atoms with van der Waals surface area (Å²) in [6.45, 7) is 4.72. The fourth-order valence-electron chi connectivity index (χ4n) is 5.73. The van der Waals surface area contributed by atoms with Gasteiger partial charge in [-0.2, -0.15) is 4.31 Å². The first kappa shape index (κ1) is 22.7. The summed E-state index contributed by atoms with van der Waals surface area (Å²) < 4.78 is 35.2. The number of fused-ring (bicyclic) bond motifs is 3. The lowest BCUT2D eigenvalue weighted by molar-refractivity contribution is -0.146. The molecule has 2 aromatic rings. The predicted octanol–water partition coefficient (Wildman–Crippen LogP) is 4.77. The summed E-state index contributed by atoms with van der Waals surface area (Å²) in [5.74, 6) is -0.606. The quantitative estimate of drug-likeness (QED) is 0.533. The maximum Gasteiger partial charge on any atom is 0.309 e. The fraction of sp³-hybridized carbons (Fsp3) is 0.440. The Bertz CT molecular complexity index is 1240. The number of esters is 1. The van der Waals surface area contributed by atoms with E-state index in [0.717, 1.165) is 27.7 Å². The van der Waals surface area contributed by atoms with E-state index in [0.29, 0.717) is 26.0 Å². The zero-order valence-corrected chi connectivity index (χ0v) is 21.2. The van der Waals surface area contributed by atoms with Gasteiger partial charge in [0.25, 0.3) is 0 Å². The van der Waals surface area contributed by atoms with Gasteiger partial charge in [0.05, 0.1) is 23.1 Å². The monoisotopic (exact) mass is 530 g/mol. The molecule has 0 radical (unpaired) electrons. The zero-order chi connectivity index (χ0) is 23.4. The molecular weight excluding hydrogens is 504 g/mol. The summed E-state index contributed by atoms with van der Waals surface area (Å²) in [6.07, 6.45) is 3.98. The van der Waals surface area contributed by atoms with E-state index in [4.69, 9.17) is 9.73 Å². The van der Waals surface area contributed by atoms with Gasteiger partial charge >= 0.3 is 5.97 Å². The topological polar surface area (TPSA) is 76.0 Å². The van der Waals surface area contributed by atoms with Crippen LogP contribution >= 0.6 is 15.9 Å². The van der Waals surface area contributed by atoms with E-state index < -0.39 is 20.9 Å². The molecular formula is C25H27BrN2O4S. The van der Waals surface area contributed by atoms with Crippen molar-refractivity contribution in [3.05, 3.63) is 58.1 Å². The van der Waals surface area contributed by atoms with E-state index >= 15 is 0 Å². The van der Waals surface area contributed by atoms with Gasteiger partial charge < -0.3 is 4.74 Å². The molecule has 1 aliphatic carbocycles. The maximum absolute atomic E-state index is 13.6. The molecule has 2 aliphatic heterocycles. The lowest BCUT2D eigenvalue weighted by Crippen LogP contribution is -2.45. The predicted molar refractivity (Wildman–Crippen MR) is 130 cm³/mol. The molecule has 2 spiro atoms. The Balaban J connectivity index is 1.59. The highest BCUT2D eigenvalue weighted by Crippen LogP contribution is 2.69. The second-order valence-electron chi connectivity index (χ2n) is 9.31. The first-order chi connectivity index (χ1) is 15.7. The number of nitrogens with zero attached hydrogens (tertiary/aromatic N) is 2. The van der Waals surface area contributed by atoms with Crippen LogP contribution < -0.4 is 0 Å². The summed E-state index contributed by atoms with van der Waals surface area (Å²) >= 11 is 3.59. The number of carbonyl (C=O) groups excluding carboxylic acids is 1. The van der Waals surface area contributed by atoms with Crippen LogP contribution in [-0.2, 0) is 25.0 Å². The first-order valence-corrected chi connectivity index (χ1v) is 13.6. The second kappa shape index (κ2) is 8.03. The number of halogens is 1. The minimum atomic E-state index is -3.70. The smallest absolute Gasteiger partial charge is 0.309 e. The first-order valence-electron chi connectivity index (χ1n) is 11.3. The van der Waals surface area contributed by atoms with Crippen molar-refractivity contribution in [2.24, 2.45) is 16.3 Å². The van der Waals surface area contributed by atoms with Crippen LogP contribution in [0.3, 0.4) is 0 Å². The fourth-order valence-corrected chi connectivity index (χ4v) is 7.64. The lowest BCUT2D eigenvalue weighted by atomic mass is 9.66. The van der Waals surface area contributed by atoms with Crippen LogP contribution in [0.1, 0.15) is 37.3 Å². The number of hydrogen-bond acceptors (Lipinski definition) is 5. The van der Waals surface area contributed by atoms with E-state index in [1.807, 2.05) is 37.4 Å². The van der Waals surface area contributed by atoms with Crippen molar-refractivity contribution in [1.82, 2.24) is 4.31 Å². The largest absolute Gasteiger partial charge is 0.466 e. The molecule has 2 fully saturated rings. The number of sulfonamides is 1. The van der Waals surface area contributed by atoms with Gasteiger partial charge in [0.2, 0.25) is 10.0 Å². The molecule has 6 nitrogen and oxygen atoms in total. The molecule has 174 valence electrons. The third kappa shape index (κ3) is 3.49. The van der Waals surface area contributed by atoms with Crippen LogP contribution in [0.15, 0.2) is 56.8 Å². The Morgan fingerprint density at radius 3 is 2.73 bits per heavy atom. The Hall–Kier alpha value is -2.03. The van der Waals surface area contributed by atoms with Crippen LogP contribution in [0, 0.1) is 18.3 Å². The summed E-state index contributed by atoms with van der Waals surface area (Å²) in [5.41, 5.74) is 1.89. The number of rotatable bonds is 4. The summed E-state index contributed by atoms with van der Waals surface area (Å²) in [6, 6.07) is 13.0. The third-order valence-electron chi connectivity index (χ3n) is 7.49. The van der Waals surface area contributed by atoms with E-state index in [1.165, 1.54) is 0 Å². The molecule has 3 atom stereocenters. The summed E-state index contributed by atoms with van der Waals surface area (Å²) in [4.78, 5) is 17.9. The molecule has 5 rings (SSSR count). The molecule has 1 saturated carbocycles. The van der Waals surface area contributed by atoms with E-state index in [1.54, 1.807) is 23.4 Å². The summed E-state index contributed by atoms with van der Waals surface area (Å²) in [5, 5.41) is 0. The molecule has 33 heavy (non-hydrogen) atoms. The van der Waals surface area contributed by atoms with Crippen molar-refractivity contribution in [1.29, 1.82) is 0 Å². The number of benzene rings is 2. The van der Waals surface area contributed by atoms with Crippen LogP contribution in [0.4, 0.5) is 5.69 Å². The molecule has 0 amide bonds. The van der Waals surface area contributed by atoms with Gasteiger partial charge in [-0.05, 0) is 69.0 Å². The molecule has 0 aromatic heterocycles. The zero-order valence-electron chi connectivity index (χ0n) is 18.8. The molecule has 2 heterocycles. The minimum Gasteiger partial charge on any atom is -0.466 e. The van der Waals surface area contributed by atoms with Crippen molar-refractivity contribution < 1.29 is 17.9 Å². The van der Waals surface area contributed by atoms with Gasteiger partial charge in [0, 0.05) is 34.6 Å². The summed E-state index contributed by atoms with van der Waals surface area (Å²) in [7, 11) is -3.70. The Kier molecular flexibility index (Phi) is 5.53. The van der Waals surface area contributed by atoms with Crippen molar-refractivity contribution in [3.8, 4) is 0 Å². The third-order valence-corrected chi connectivity index (χ3v) is 9.85. The molecule has 2 aromatic carbocycles. The number of hydrogen-bond donors (Lipinski definition) is 0. The van der Waals surface area contributed by atoms with Gasteiger partial charge in [-0.3, -0.25) is 9.79 Å². The number of aliphatic imine (C=N–C) groups is 1. The average Bonchev–Trinajstić information content (AvgIpc) is 3.45. The van der Waals surface area contributed by atoms with Gasteiger partial charge in [0.1, 0.15) is 0 Å². The standard InChI is InChI=1S/C25H27BrN2O4S/c1-3-32-23(29)21-14-25(21)16-28(33(30,31)19-8-5-17(2)6-9-19)12-4-11-24(25)15-27-22-10-7-18(26)13-20(22)24/h5-10,13,15,21H,3-4,11-12,14,16H2,1-2H3/t21-,24+,25-/m1/s1. The van der Waals surface area contributed by atoms with E-state index in [2.05, 4.69) is 22.0 Å². The molecule has 0 bridgehead atoms. The molecule has 0 N–H and O–H groups in total. The average molecular weight is 531 g/mol. The van der Waals surface area contributed by atoms with Crippen molar-refractivity contribution in [2.75, 3.05) is 19.7 Å². The Morgan fingerprint density at radius 1 is 1.24 bits per heavy atom. The van der Waals surface area contributed by atoms with Crippen LogP contribution in [-0.4, -0.2) is 44.6 Å². The van der Waals surface area contributed by atoms with Crippen molar-refractivity contribution in [3.63, 3.8) is 0 Å². The van der Waals surface area contributed by atoms with E-state index in [9.17, 15) is 13.2 Å². The lowest BCUT2D eigenvalue weighted by Gasteiger charge is -2.37. The van der Waals surface area contributed by atoms with Crippen molar-refractivity contribution >= 4 is 43.8 Å². The van der Waals surface area contributed by atoms with Crippen LogP contribution in [0.2, 0.25) is 0 Å². The SMILES string of the molecule is CCOC(=O)[C@H]1C[C@@]12CN(S(=O)(=O)c1ccc(C)cc1)CCC[C@@]21C=Nc2ccc(Br)cc21. The molecule has 1 saturated heterocycles. The van der Waals surface area contributed by atoms with Gasteiger partial charge in [0.15, 0.2) is 0 Å². The van der Waals surface area contributed by atoms with Gasteiger partial charge in [-0.25, -0.2) is 8.42 Å². The van der Waals surface area contributed by atoms with Crippen molar-refractivity contribution in [2.45, 2.75) is 43.4 Å². The molecule has 3 aliphatic rings. The minimum absolute atomic E-state index is 0.247. The highest BCUT2D eigenvalue weighted by Gasteiger charge is 2.72. The highest BCUT2D eigenvalue weighted by molar-refractivity contribution is 9.10. The van der Waals surface area contributed by atoms with Crippen LogP contribution in [0.25, 0.3) is 0 Å². The van der Waals surface area contributed by atoms with Gasteiger partial charge in [-0.15, -0.1) is 0 Å².